The maximum Gasteiger partial charge on any atom is 0.163 e. The SMILES string of the molecule is CC(C)Cc1ccc(C(Cl)Cn2ncc3c(NCc4ccccc4)ncnc32)cc1. The van der Waals surface area contributed by atoms with Crippen LogP contribution in [0.15, 0.2) is 67.1 Å². The van der Waals surface area contributed by atoms with Gasteiger partial charge in [0.15, 0.2) is 5.65 Å². The molecular formula is C24H26ClN5. The summed E-state index contributed by atoms with van der Waals surface area (Å²) in [7, 11) is 0. The van der Waals surface area contributed by atoms with Gasteiger partial charge in [-0.25, -0.2) is 14.6 Å². The Morgan fingerprint density at radius 1 is 0.967 bits per heavy atom. The molecule has 1 atom stereocenters. The topological polar surface area (TPSA) is 55.6 Å². The predicted molar refractivity (Wildman–Crippen MR) is 123 cm³/mol. The number of alkyl halides is 1. The molecule has 0 aliphatic carbocycles. The fourth-order valence-corrected chi connectivity index (χ4v) is 3.82. The molecule has 6 heteroatoms. The standard InChI is InChI=1S/C24H26ClN5/c1-17(2)12-18-8-10-20(11-9-18)22(25)15-30-24-21(14-29-30)23(27-16-28-24)26-13-19-6-4-3-5-7-19/h3-11,14,16-17,22H,12-13,15H2,1-2H3,(H,26,27,28). The van der Waals surface area contributed by atoms with E-state index < -0.39 is 0 Å². The van der Waals surface area contributed by atoms with Gasteiger partial charge >= 0.3 is 0 Å². The summed E-state index contributed by atoms with van der Waals surface area (Å²) in [5.41, 5.74) is 4.40. The molecule has 2 aromatic carbocycles. The lowest BCUT2D eigenvalue weighted by Gasteiger charge is -2.12. The summed E-state index contributed by atoms with van der Waals surface area (Å²) in [6.07, 6.45) is 4.45. The molecule has 0 bridgehead atoms. The summed E-state index contributed by atoms with van der Waals surface area (Å²) in [5.74, 6) is 1.42. The van der Waals surface area contributed by atoms with Crippen molar-refractivity contribution in [3.63, 3.8) is 0 Å². The van der Waals surface area contributed by atoms with Crippen LogP contribution in [0.2, 0.25) is 0 Å². The van der Waals surface area contributed by atoms with Crippen molar-refractivity contribution in [1.82, 2.24) is 19.7 Å². The van der Waals surface area contributed by atoms with Crippen molar-refractivity contribution in [1.29, 1.82) is 0 Å². The van der Waals surface area contributed by atoms with E-state index >= 15 is 0 Å². The second kappa shape index (κ2) is 9.26. The minimum Gasteiger partial charge on any atom is -0.365 e. The van der Waals surface area contributed by atoms with Gasteiger partial charge in [0.2, 0.25) is 0 Å². The fourth-order valence-electron chi connectivity index (χ4n) is 3.54. The van der Waals surface area contributed by atoms with E-state index in [0.717, 1.165) is 28.8 Å². The summed E-state index contributed by atoms with van der Waals surface area (Å²) in [6.45, 7) is 5.69. The van der Waals surface area contributed by atoms with Gasteiger partial charge in [0, 0.05) is 6.54 Å². The maximum atomic E-state index is 6.72. The van der Waals surface area contributed by atoms with Crippen LogP contribution in [0.25, 0.3) is 11.0 Å². The molecule has 0 radical (unpaired) electrons. The van der Waals surface area contributed by atoms with Crippen molar-refractivity contribution in [2.24, 2.45) is 5.92 Å². The van der Waals surface area contributed by atoms with E-state index in [0.29, 0.717) is 19.0 Å². The third-order valence-electron chi connectivity index (χ3n) is 5.05. The van der Waals surface area contributed by atoms with Crippen molar-refractivity contribution >= 4 is 28.5 Å². The second-order valence-corrected chi connectivity index (χ2v) is 8.46. The fraction of sp³-hybridized carbons (Fsp3) is 0.292. The molecule has 2 heterocycles. The lowest BCUT2D eigenvalue weighted by atomic mass is 10.0. The molecule has 4 aromatic rings. The normalized spacial score (nSPS) is 12.4. The molecule has 0 aliphatic heterocycles. The minimum atomic E-state index is -0.183. The minimum absolute atomic E-state index is 0.183. The highest BCUT2D eigenvalue weighted by atomic mass is 35.5. The van der Waals surface area contributed by atoms with Gasteiger partial charge in [-0.05, 0) is 29.0 Å². The van der Waals surface area contributed by atoms with Gasteiger partial charge in [-0.3, -0.25) is 0 Å². The smallest absolute Gasteiger partial charge is 0.163 e. The maximum absolute atomic E-state index is 6.72. The lowest BCUT2D eigenvalue weighted by Crippen LogP contribution is -2.08. The Hall–Kier alpha value is -2.92. The van der Waals surface area contributed by atoms with Gasteiger partial charge in [0.1, 0.15) is 12.1 Å². The number of fused-ring (bicyclic) bond motifs is 1. The second-order valence-electron chi connectivity index (χ2n) is 7.93. The summed E-state index contributed by atoms with van der Waals surface area (Å²) in [6, 6.07) is 18.8. The molecule has 154 valence electrons. The Balaban J connectivity index is 1.48. The van der Waals surface area contributed by atoms with E-state index in [1.165, 1.54) is 11.1 Å². The molecule has 1 unspecified atom stereocenters. The Morgan fingerprint density at radius 2 is 1.73 bits per heavy atom. The zero-order valence-electron chi connectivity index (χ0n) is 17.3. The zero-order valence-corrected chi connectivity index (χ0v) is 18.0. The van der Waals surface area contributed by atoms with Gasteiger partial charge in [0.25, 0.3) is 0 Å². The third kappa shape index (κ3) is 4.79. The first kappa shape index (κ1) is 20.4. The number of rotatable bonds is 8. The number of hydrogen-bond acceptors (Lipinski definition) is 4. The molecule has 0 saturated heterocycles. The Kier molecular flexibility index (Phi) is 6.29. The Morgan fingerprint density at radius 3 is 2.47 bits per heavy atom. The predicted octanol–water partition coefficient (Wildman–Crippen LogP) is 5.62. The van der Waals surface area contributed by atoms with Crippen LogP contribution in [-0.4, -0.2) is 19.7 Å². The number of halogens is 1. The number of aromatic nitrogens is 4. The zero-order chi connectivity index (χ0) is 20.9. The average molecular weight is 420 g/mol. The number of nitrogens with one attached hydrogen (secondary N) is 1. The van der Waals surface area contributed by atoms with E-state index in [-0.39, 0.29) is 5.38 Å². The highest BCUT2D eigenvalue weighted by molar-refractivity contribution is 6.20. The first-order valence-corrected chi connectivity index (χ1v) is 10.7. The van der Waals surface area contributed by atoms with Gasteiger partial charge in [-0.2, -0.15) is 5.10 Å². The molecule has 30 heavy (non-hydrogen) atoms. The van der Waals surface area contributed by atoms with Gasteiger partial charge in [-0.1, -0.05) is 68.4 Å². The molecule has 0 aliphatic rings. The number of anilines is 1. The number of benzene rings is 2. The average Bonchev–Trinajstić information content (AvgIpc) is 3.16. The molecule has 5 nitrogen and oxygen atoms in total. The third-order valence-corrected chi connectivity index (χ3v) is 5.44. The van der Waals surface area contributed by atoms with Crippen LogP contribution in [0.5, 0.6) is 0 Å². The Bertz CT molecular complexity index is 1090. The molecule has 4 rings (SSSR count). The molecule has 0 spiro atoms. The molecular weight excluding hydrogens is 394 g/mol. The summed E-state index contributed by atoms with van der Waals surface area (Å²) in [5, 5.41) is 8.62. The summed E-state index contributed by atoms with van der Waals surface area (Å²) < 4.78 is 1.85. The van der Waals surface area contributed by atoms with E-state index in [1.807, 2.05) is 22.9 Å². The summed E-state index contributed by atoms with van der Waals surface area (Å²) in [4.78, 5) is 8.84. The van der Waals surface area contributed by atoms with Crippen LogP contribution in [-0.2, 0) is 19.5 Å². The quantitative estimate of drug-likeness (QED) is 0.377. The first-order chi connectivity index (χ1) is 14.6. The number of nitrogens with zero attached hydrogens (tertiary/aromatic N) is 4. The van der Waals surface area contributed by atoms with Crippen LogP contribution < -0.4 is 5.32 Å². The van der Waals surface area contributed by atoms with E-state index in [9.17, 15) is 0 Å². The molecule has 1 N–H and O–H groups in total. The van der Waals surface area contributed by atoms with Crippen LogP contribution in [0.1, 0.15) is 35.9 Å². The molecule has 0 saturated carbocycles. The van der Waals surface area contributed by atoms with Crippen molar-refractivity contribution in [2.75, 3.05) is 5.32 Å². The van der Waals surface area contributed by atoms with Gasteiger partial charge in [-0.15, -0.1) is 11.6 Å². The number of hydrogen-bond donors (Lipinski definition) is 1. The Labute approximate surface area is 182 Å². The monoisotopic (exact) mass is 419 g/mol. The van der Waals surface area contributed by atoms with Crippen molar-refractivity contribution < 1.29 is 0 Å². The van der Waals surface area contributed by atoms with E-state index in [1.54, 1.807) is 12.5 Å². The largest absolute Gasteiger partial charge is 0.365 e. The van der Waals surface area contributed by atoms with Crippen molar-refractivity contribution in [3.8, 4) is 0 Å². The van der Waals surface area contributed by atoms with Gasteiger partial charge in [0.05, 0.1) is 23.5 Å². The van der Waals surface area contributed by atoms with Crippen LogP contribution >= 0.6 is 11.6 Å². The van der Waals surface area contributed by atoms with Crippen LogP contribution in [0.3, 0.4) is 0 Å². The molecule has 2 aromatic heterocycles. The van der Waals surface area contributed by atoms with Crippen LogP contribution in [0.4, 0.5) is 5.82 Å². The molecule has 0 fully saturated rings. The van der Waals surface area contributed by atoms with Gasteiger partial charge < -0.3 is 5.32 Å². The van der Waals surface area contributed by atoms with E-state index in [2.05, 4.69) is 70.6 Å². The lowest BCUT2D eigenvalue weighted by molar-refractivity contribution is 0.615. The van der Waals surface area contributed by atoms with Crippen molar-refractivity contribution in [2.45, 2.75) is 38.7 Å². The van der Waals surface area contributed by atoms with Crippen LogP contribution in [0, 0.1) is 5.92 Å². The molecule has 0 amide bonds. The van der Waals surface area contributed by atoms with E-state index in [4.69, 9.17) is 11.6 Å². The van der Waals surface area contributed by atoms with Crippen molar-refractivity contribution in [3.05, 3.63) is 83.8 Å². The highest BCUT2D eigenvalue weighted by Crippen LogP contribution is 2.26. The summed E-state index contributed by atoms with van der Waals surface area (Å²) >= 11 is 6.72. The first-order valence-electron chi connectivity index (χ1n) is 10.3. The highest BCUT2D eigenvalue weighted by Gasteiger charge is 2.15.